The van der Waals surface area contributed by atoms with E-state index in [2.05, 4.69) is 5.32 Å². The van der Waals surface area contributed by atoms with Crippen LogP contribution in [-0.4, -0.2) is 5.91 Å². The van der Waals surface area contributed by atoms with Crippen molar-refractivity contribution >= 4 is 40.3 Å². The molecule has 0 atom stereocenters. The molecule has 3 aromatic carbocycles. The van der Waals surface area contributed by atoms with Gasteiger partial charge in [0.1, 0.15) is 29.8 Å². The van der Waals surface area contributed by atoms with Crippen LogP contribution in [0.4, 0.5) is 23.2 Å². The smallest absolute Gasteiger partial charge is 0.416 e. The lowest BCUT2D eigenvalue weighted by Gasteiger charge is -2.10. The maximum Gasteiger partial charge on any atom is 0.416 e. The summed E-state index contributed by atoms with van der Waals surface area (Å²) in [6, 6.07) is 17.0. The molecule has 4 nitrogen and oxygen atoms in total. The molecule has 1 amide bonds. The summed E-state index contributed by atoms with van der Waals surface area (Å²) in [4.78, 5) is 12.4. The van der Waals surface area contributed by atoms with Gasteiger partial charge in [0.05, 0.1) is 9.13 Å². The molecule has 0 radical (unpaired) electrons. The number of hydrogen-bond donors (Lipinski definition) is 1. The van der Waals surface area contributed by atoms with Crippen LogP contribution in [0.5, 0.6) is 5.75 Å². The number of hydrogen-bond acceptors (Lipinski definition) is 3. The number of carbonyl (C=O) groups excluding carboxylic acids is 1. The van der Waals surface area contributed by atoms with Gasteiger partial charge in [0.15, 0.2) is 0 Å². The Hall–Kier alpha value is -3.39. The highest BCUT2D eigenvalue weighted by Gasteiger charge is 2.30. The molecule has 0 saturated heterocycles. The van der Waals surface area contributed by atoms with Gasteiger partial charge in [0.2, 0.25) is 0 Å². The number of benzene rings is 3. The summed E-state index contributed by atoms with van der Waals surface area (Å²) in [5, 5.41) is 11.7. The third-order valence-corrected chi connectivity index (χ3v) is 5.26. The van der Waals surface area contributed by atoms with E-state index in [0.29, 0.717) is 20.4 Å². The number of nitrogens with zero attached hydrogens (tertiary/aromatic N) is 1. The normalized spacial score (nSPS) is 11.6. The second-order valence-corrected chi connectivity index (χ2v) is 7.93. The number of nitrogens with one attached hydrogen (secondary N) is 1. The van der Waals surface area contributed by atoms with E-state index in [1.807, 2.05) is 22.6 Å². The molecule has 0 bridgehead atoms. The van der Waals surface area contributed by atoms with Crippen molar-refractivity contribution in [3.8, 4) is 11.8 Å². The van der Waals surface area contributed by atoms with E-state index in [0.717, 1.165) is 18.2 Å². The highest BCUT2D eigenvalue weighted by molar-refractivity contribution is 14.1. The second-order valence-electron chi connectivity index (χ2n) is 6.77. The topological polar surface area (TPSA) is 62.1 Å². The van der Waals surface area contributed by atoms with Crippen LogP contribution in [0.1, 0.15) is 16.7 Å². The zero-order valence-corrected chi connectivity index (χ0v) is 18.9. The molecule has 0 aliphatic carbocycles. The van der Waals surface area contributed by atoms with Crippen LogP contribution in [0.3, 0.4) is 0 Å². The number of amides is 1. The second kappa shape index (κ2) is 10.5. The molecule has 33 heavy (non-hydrogen) atoms. The van der Waals surface area contributed by atoms with Gasteiger partial charge in [-0.3, -0.25) is 4.79 Å². The summed E-state index contributed by atoms with van der Waals surface area (Å²) in [6.07, 6.45) is -3.24. The number of carbonyl (C=O) groups is 1. The van der Waals surface area contributed by atoms with Gasteiger partial charge in [-0.05, 0) is 70.6 Å². The summed E-state index contributed by atoms with van der Waals surface area (Å²) in [6.45, 7) is 0.0285. The molecule has 0 saturated carbocycles. The Balaban J connectivity index is 1.73. The van der Waals surface area contributed by atoms with Crippen LogP contribution in [-0.2, 0) is 17.6 Å². The fourth-order valence-electron chi connectivity index (χ4n) is 2.78. The van der Waals surface area contributed by atoms with Crippen LogP contribution in [0.2, 0.25) is 0 Å². The van der Waals surface area contributed by atoms with Crippen molar-refractivity contribution in [2.24, 2.45) is 0 Å². The fraction of sp³-hybridized carbons (Fsp3) is 0.0833. The maximum atomic E-state index is 13.7. The van der Waals surface area contributed by atoms with Gasteiger partial charge in [0.25, 0.3) is 5.91 Å². The average Bonchev–Trinajstić information content (AvgIpc) is 2.77. The first kappa shape index (κ1) is 24.3. The molecule has 3 rings (SSSR count). The Morgan fingerprint density at radius 1 is 1.09 bits per heavy atom. The summed E-state index contributed by atoms with van der Waals surface area (Å²) in [5.41, 5.74) is -0.377. The van der Waals surface area contributed by atoms with Gasteiger partial charge in [-0.15, -0.1) is 0 Å². The SMILES string of the molecule is N#C/C(=C/c1ccc(OCc2ccccc2F)c(I)c1)C(=O)Nc1cccc(C(F)(F)F)c1. The van der Waals surface area contributed by atoms with Crippen LogP contribution in [0, 0.1) is 20.7 Å². The summed E-state index contributed by atoms with van der Waals surface area (Å²) in [5.74, 6) is -0.729. The molecule has 0 heterocycles. The molecule has 1 N–H and O–H groups in total. The monoisotopic (exact) mass is 566 g/mol. The van der Waals surface area contributed by atoms with Crippen LogP contribution in [0.25, 0.3) is 6.08 Å². The van der Waals surface area contributed by atoms with Gasteiger partial charge >= 0.3 is 6.18 Å². The minimum Gasteiger partial charge on any atom is -0.488 e. The predicted molar refractivity (Wildman–Crippen MR) is 124 cm³/mol. The van der Waals surface area contributed by atoms with Crippen molar-refractivity contribution in [3.63, 3.8) is 0 Å². The maximum absolute atomic E-state index is 13.7. The number of anilines is 1. The third kappa shape index (κ3) is 6.55. The quantitative estimate of drug-likeness (QED) is 0.159. The highest BCUT2D eigenvalue weighted by Crippen LogP contribution is 2.31. The first-order chi connectivity index (χ1) is 15.7. The van der Waals surface area contributed by atoms with Crippen LogP contribution in [0.15, 0.2) is 72.3 Å². The molecular formula is C24H15F4IN2O2. The van der Waals surface area contributed by atoms with Crippen molar-refractivity contribution in [1.82, 2.24) is 0 Å². The average molecular weight is 566 g/mol. The Kier molecular flexibility index (Phi) is 7.71. The number of rotatable bonds is 6. The Morgan fingerprint density at radius 2 is 1.85 bits per heavy atom. The molecule has 0 unspecified atom stereocenters. The Bertz CT molecular complexity index is 1250. The standard InChI is InChI=1S/C24H15F4IN2O2/c25-20-7-2-1-4-16(20)14-33-22-9-8-15(11-21(22)29)10-17(13-30)23(32)31-19-6-3-5-18(12-19)24(26,27)28/h1-12H,14H2,(H,31,32)/b17-10-. The van der Waals surface area contributed by atoms with E-state index >= 15 is 0 Å². The van der Waals surface area contributed by atoms with Crippen molar-refractivity contribution in [2.75, 3.05) is 5.32 Å². The highest BCUT2D eigenvalue weighted by atomic mass is 127. The summed E-state index contributed by atoms with van der Waals surface area (Å²) in [7, 11) is 0. The van der Waals surface area contributed by atoms with E-state index in [1.54, 1.807) is 42.5 Å². The van der Waals surface area contributed by atoms with E-state index in [4.69, 9.17) is 4.74 Å². The van der Waals surface area contributed by atoms with E-state index < -0.39 is 17.6 Å². The van der Waals surface area contributed by atoms with Gasteiger partial charge < -0.3 is 10.1 Å². The summed E-state index contributed by atoms with van der Waals surface area (Å²) >= 11 is 2.01. The number of alkyl halides is 3. The number of nitriles is 1. The lowest BCUT2D eigenvalue weighted by atomic mass is 10.1. The summed E-state index contributed by atoms with van der Waals surface area (Å²) < 4.78 is 58.6. The first-order valence-corrected chi connectivity index (χ1v) is 10.5. The molecule has 0 aromatic heterocycles. The lowest BCUT2D eigenvalue weighted by Crippen LogP contribution is -2.14. The zero-order valence-electron chi connectivity index (χ0n) is 16.8. The first-order valence-electron chi connectivity index (χ1n) is 9.43. The van der Waals surface area contributed by atoms with E-state index in [1.165, 1.54) is 18.2 Å². The van der Waals surface area contributed by atoms with E-state index in [-0.39, 0.29) is 23.7 Å². The van der Waals surface area contributed by atoms with Crippen molar-refractivity contribution < 1.29 is 27.1 Å². The largest absolute Gasteiger partial charge is 0.488 e. The molecule has 9 heteroatoms. The molecule has 0 fully saturated rings. The Morgan fingerprint density at radius 3 is 2.52 bits per heavy atom. The molecule has 168 valence electrons. The lowest BCUT2D eigenvalue weighted by molar-refractivity contribution is -0.137. The minimum absolute atomic E-state index is 0.0285. The van der Waals surface area contributed by atoms with Crippen molar-refractivity contribution in [3.05, 3.63) is 98.4 Å². The molecule has 3 aromatic rings. The van der Waals surface area contributed by atoms with Gasteiger partial charge in [-0.25, -0.2) is 4.39 Å². The van der Waals surface area contributed by atoms with Gasteiger partial charge in [0, 0.05) is 11.3 Å². The number of halogens is 5. The molecule has 0 spiro atoms. The van der Waals surface area contributed by atoms with Gasteiger partial charge in [-0.1, -0.05) is 30.3 Å². The minimum atomic E-state index is -4.55. The molecular weight excluding hydrogens is 551 g/mol. The van der Waals surface area contributed by atoms with Crippen molar-refractivity contribution in [1.29, 1.82) is 5.26 Å². The third-order valence-electron chi connectivity index (χ3n) is 4.42. The van der Waals surface area contributed by atoms with Crippen LogP contribution >= 0.6 is 22.6 Å². The molecule has 0 aliphatic heterocycles. The predicted octanol–water partition coefficient (Wildman–Crippen LogP) is 6.57. The van der Waals surface area contributed by atoms with Crippen LogP contribution < -0.4 is 10.1 Å². The number of ether oxygens (including phenoxy) is 1. The van der Waals surface area contributed by atoms with E-state index in [9.17, 15) is 27.6 Å². The van der Waals surface area contributed by atoms with Gasteiger partial charge in [-0.2, -0.15) is 18.4 Å². The van der Waals surface area contributed by atoms with Crippen molar-refractivity contribution in [2.45, 2.75) is 12.8 Å². The zero-order chi connectivity index (χ0) is 24.0. The fourth-order valence-corrected chi connectivity index (χ4v) is 3.48. The molecule has 0 aliphatic rings. The Labute approximate surface area is 200 Å².